The summed E-state index contributed by atoms with van der Waals surface area (Å²) in [7, 11) is 0. The van der Waals surface area contributed by atoms with Crippen molar-refractivity contribution in [2.75, 3.05) is 59.2 Å². The van der Waals surface area contributed by atoms with Gasteiger partial charge in [0.25, 0.3) is 0 Å². The third kappa shape index (κ3) is 34.6. The molecule has 59 heavy (non-hydrogen) atoms. The Bertz CT molecular complexity index is 930. The van der Waals surface area contributed by atoms with Crippen molar-refractivity contribution in [1.82, 2.24) is 9.80 Å². The molecule has 0 saturated heterocycles. The number of unbranched alkanes of at least 4 members (excludes halogenated alkanes) is 19. The van der Waals surface area contributed by atoms with Crippen LogP contribution >= 0.6 is 0 Å². The molecule has 0 spiro atoms. The van der Waals surface area contributed by atoms with Gasteiger partial charge in [-0.3, -0.25) is 24.2 Å². The highest BCUT2D eigenvalue weighted by molar-refractivity contribution is 5.70. The monoisotopic (exact) mass is 837 g/mol. The molecule has 0 amide bonds. The zero-order chi connectivity index (χ0) is 42.9. The van der Waals surface area contributed by atoms with Crippen molar-refractivity contribution in [1.29, 1.82) is 0 Å². The number of aliphatic hydroxyl groups is 1. The fourth-order valence-electron chi connectivity index (χ4n) is 8.40. The molecular weight excluding hydrogens is 741 g/mol. The van der Waals surface area contributed by atoms with Crippen LogP contribution in [0.5, 0.6) is 0 Å². The molecule has 1 aliphatic carbocycles. The van der Waals surface area contributed by atoms with Crippen molar-refractivity contribution in [3.05, 3.63) is 0 Å². The summed E-state index contributed by atoms with van der Waals surface area (Å²) in [5.41, 5.74) is 0. The first-order valence-corrected chi connectivity index (χ1v) is 25.5. The molecular formula is C50H96N2O7. The minimum atomic E-state index is -0.146. The second-order valence-electron chi connectivity index (χ2n) is 17.8. The van der Waals surface area contributed by atoms with Crippen molar-refractivity contribution in [3.63, 3.8) is 0 Å². The summed E-state index contributed by atoms with van der Waals surface area (Å²) in [5.74, 6) is -0.333. The minimum absolute atomic E-state index is 0.00209. The summed E-state index contributed by atoms with van der Waals surface area (Å²) in [4.78, 5) is 42.5. The highest BCUT2D eigenvalue weighted by atomic mass is 16.5. The summed E-state index contributed by atoms with van der Waals surface area (Å²) in [6.45, 7) is 12.5. The van der Waals surface area contributed by atoms with Crippen LogP contribution in [-0.4, -0.2) is 98.0 Å². The van der Waals surface area contributed by atoms with E-state index in [0.717, 1.165) is 116 Å². The highest BCUT2D eigenvalue weighted by Crippen LogP contribution is 2.23. The molecule has 0 radical (unpaired) electrons. The number of aliphatic hydroxyl groups excluding tert-OH is 1. The van der Waals surface area contributed by atoms with E-state index in [0.29, 0.717) is 51.7 Å². The van der Waals surface area contributed by atoms with Crippen LogP contribution in [0.2, 0.25) is 0 Å². The second-order valence-corrected chi connectivity index (χ2v) is 17.8. The lowest BCUT2D eigenvalue weighted by molar-refractivity contribution is -0.149. The van der Waals surface area contributed by atoms with Crippen LogP contribution in [0.4, 0.5) is 0 Å². The van der Waals surface area contributed by atoms with Gasteiger partial charge in [-0.05, 0) is 70.9 Å². The Morgan fingerprint density at radius 1 is 0.492 bits per heavy atom. The van der Waals surface area contributed by atoms with Crippen molar-refractivity contribution >= 4 is 17.9 Å². The van der Waals surface area contributed by atoms with E-state index in [-0.39, 0.29) is 30.4 Å². The van der Waals surface area contributed by atoms with Gasteiger partial charge < -0.3 is 19.3 Å². The number of carbonyl (C=O) groups excluding carboxylic acids is 3. The van der Waals surface area contributed by atoms with Crippen molar-refractivity contribution in [3.8, 4) is 0 Å². The summed E-state index contributed by atoms with van der Waals surface area (Å²) >= 11 is 0. The SMILES string of the molecule is CCCCCCCCCCCOC(=O)CCCCCN(CCN(CCO)CCCCC(COC(=O)CCCCCCC)COC(=O)CCCCCCC)C1CCCCC1. The maximum atomic E-state index is 12.5. The molecule has 0 aliphatic heterocycles. The first-order chi connectivity index (χ1) is 28.9. The smallest absolute Gasteiger partial charge is 0.305 e. The molecule has 1 aliphatic rings. The molecule has 0 atom stereocenters. The minimum Gasteiger partial charge on any atom is -0.466 e. The van der Waals surface area contributed by atoms with Crippen molar-refractivity contribution in [2.24, 2.45) is 5.92 Å². The maximum absolute atomic E-state index is 12.5. The van der Waals surface area contributed by atoms with Gasteiger partial charge >= 0.3 is 17.9 Å². The Hall–Kier alpha value is -1.71. The summed E-state index contributed by atoms with van der Waals surface area (Å²) in [6.07, 6.45) is 36.0. The average molecular weight is 837 g/mol. The first-order valence-electron chi connectivity index (χ1n) is 25.5. The third-order valence-corrected chi connectivity index (χ3v) is 12.3. The van der Waals surface area contributed by atoms with E-state index in [1.165, 1.54) is 103 Å². The van der Waals surface area contributed by atoms with Crippen molar-refractivity contribution in [2.45, 2.75) is 239 Å². The predicted molar refractivity (Wildman–Crippen MR) is 245 cm³/mol. The van der Waals surface area contributed by atoms with E-state index >= 15 is 0 Å². The van der Waals surface area contributed by atoms with Gasteiger partial charge in [0.15, 0.2) is 0 Å². The zero-order valence-corrected chi connectivity index (χ0v) is 39.1. The number of hydrogen-bond donors (Lipinski definition) is 1. The van der Waals surface area contributed by atoms with Crippen LogP contribution in [0.25, 0.3) is 0 Å². The predicted octanol–water partition coefficient (Wildman–Crippen LogP) is 12.1. The van der Waals surface area contributed by atoms with Gasteiger partial charge in [0.2, 0.25) is 0 Å². The molecule has 9 nitrogen and oxygen atoms in total. The number of nitrogens with zero attached hydrogens (tertiary/aromatic N) is 2. The van der Waals surface area contributed by atoms with E-state index < -0.39 is 0 Å². The molecule has 1 rings (SSSR count). The Morgan fingerprint density at radius 2 is 0.949 bits per heavy atom. The van der Waals surface area contributed by atoms with Crippen molar-refractivity contribution < 1.29 is 33.7 Å². The topological polar surface area (TPSA) is 106 Å². The molecule has 9 heteroatoms. The second kappa shape index (κ2) is 41.6. The van der Waals surface area contributed by atoms with E-state index in [1.54, 1.807) is 0 Å². The summed E-state index contributed by atoms with van der Waals surface area (Å²) in [6, 6.07) is 0.625. The highest BCUT2D eigenvalue weighted by Gasteiger charge is 2.22. The van der Waals surface area contributed by atoms with Crippen LogP contribution in [0.15, 0.2) is 0 Å². The molecule has 0 unspecified atom stereocenters. The van der Waals surface area contributed by atoms with Gasteiger partial charge in [-0.15, -0.1) is 0 Å². The lowest BCUT2D eigenvalue weighted by Gasteiger charge is -2.36. The molecule has 1 saturated carbocycles. The van der Waals surface area contributed by atoms with Gasteiger partial charge in [0.1, 0.15) is 0 Å². The lowest BCUT2D eigenvalue weighted by Crippen LogP contribution is -2.43. The number of esters is 3. The molecule has 348 valence electrons. The van der Waals surface area contributed by atoms with Crippen LogP contribution in [0.1, 0.15) is 233 Å². The fraction of sp³-hybridized carbons (Fsp3) is 0.940. The van der Waals surface area contributed by atoms with Crippen LogP contribution in [-0.2, 0) is 28.6 Å². The van der Waals surface area contributed by atoms with Crippen LogP contribution in [0.3, 0.4) is 0 Å². The number of rotatable bonds is 43. The molecule has 1 N–H and O–H groups in total. The normalized spacial score (nSPS) is 13.5. The quantitative estimate of drug-likeness (QED) is 0.0365. The summed E-state index contributed by atoms with van der Waals surface area (Å²) in [5, 5.41) is 9.94. The molecule has 0 heterocycles. The van der Waals surface area contributed by atoms with Crippen LogP contribution in [0, 0.1) is 5.92 Å². The Labute approximate surface area is 364 Å². The number of ether oxygens (including phenoxy) is 3. The molecule has 0 aromatic heterocycles. The largest absolute Gasteiger partial charge is 0.466 e. The van der Waals surface area contributed by atoms with Gasteiger partial charge in [0, 0.05) is 50.9 Å². The average Bonchev–Trinajstić information content (AvgIpc) is 3.24. The Balaban J connectivity index is 2.49. The summed E-state index contributed by atoms with van der Waals surface area (Å²) < 4.78 is 17.0. The number of hydrogen-bond acceptors (Lipinski definition) is 9. The molecule has 0 bridgehead atoms. The van der Waals surface area contributed by atoms with Gasteiger partial charge in [0.05, 0.1) is 26.4 Å². The molecule has 0 aromatic carbocycles. The number of carbonyl (C=O) groups is 3. The lowest BCUT2D eigenvalue weighted by atomic mass is 9.94. The zero-order valence-electron chi connectivity index (χ0n) is 39.1. The van der Waals surface area contributed by atoms with Gasteiger partial charge in [-0.1, -0.05) is 156 Å². The van der Waals surface area contributed by atoms with Gasteiger partial charge in [-0.2, -0.15) is 0 Å². The van der Waals surface area contributed by atoms with Crippen LogP contribution < -0.4 is 0 Å². The van der Waals surface area contributed by atoms with Gasteiger partial charge in [-0.25, -0.2) is 0 Å². The molecule has 1 fully saturated rings. The Morgan fingerprint density at radius 3 is 1.47 bits per heavy atom. The first kappa shape index (κ1) is 55.3. The standard InChI is InChI=1S/C50H96N2O7/c1-4-7-10-13-14-15-16-19-30-43-57-48(54)34-26-21-28-38-52(47-32-22-20-23-33-47)40-39-51(41-42-53)37-29-27-31-46(44-58-49(55)35-24-17-11-8-5-2)45-59-50(56)36-25-18-12-9-6-3/h46-47,53H,4-45H2,1-3H3. The van der Waals surface area contributed by atoms with E-state index in [4.69, 9.17) is 14.2 Å². The third-order valence-electron chi connectivity index (χ3n) is 12.3. The molecule has 0 aromatic rings. The fourth-order valence-corrected chi connectivity index (χ4v) is 8.40. The van der Waals surface area contributed by atoms with E-state index in [9.17, 15) is 19.5 Å². The maximum Gasteiger partial charge on any atom is 0.305 e. The van der Waals surface area contributed by atoms with E-state index in [1.807, 2.05) is 0 Å². The Kier molecular flexibility index (Phi) is 39.0. The van der Waals surface area contributed by atoms with E-state index in [2.05, 4.69) is 30.6 Å².